The molecule has 2 unspecified atom stereocenters. The van der Waals surface area contributed by atoms with Crippen molar-refractivity contribution in [1.82, 2.24) is 10.3 Å². The third-order valence-electron chi connectivity index (χ3n) is 3.23. The van der Waals surface area contributed by atoms with Crippen LogP contribution in [0.1, 0.15) is 30.5 Å². The van der Waals surface area contributed by atoms with Crippen LogP contribution in [0.4, 0.5) is 0 Å². The highest BCUT2D eigenvalue weighted by molar-refractivity contribution is 7.09. The number of nitrogens with zero attached hydrogens (tertiary/aromatic N) is 1. The summed E-state index contributed by atoms with van der Waals surface area (Å²) in [5.74, 6) is 0.807. The van der Waals surface area contributed by atoms with E-state index in [1.165, 1.54) is 5.56 Å². The molecular weight excluding hydrogens is 284 g/mol. The van der Waals surface area contributed by atoms with Crippen LogP contribution in [0.25, 0.3) is 0 Å². The van der Waals surface area contributed by atoms with Gasteiger partial charge in [-0.05, 0) is 31.0 Å². The molecule has 114 valence electrons. The fourth-order valence-electron chi connectivity index (χ4n) is 1.95. The normalized spacial score (nSPS) is 13.9. The first-order valence-electron chi connectivity index (χ1n) is 7.21. The molecule has 0 fully saturated rings. The van der Waals surface area contributed by atoms with Crippen LogP contribution in [-0.4, -0.2) is 29.3 Å². The van der Waals surface area contributed by atoms with E-state index >= 15 is 0 Å². The number of benzene rings is 1. The summed E-state index contributed by atoms with van der Waals surface area (Å²) < 4.78 is 5.63. The van der Waals surface area contributed by atoms with Gasteiger partial charge < -0.3 is 15.2 Å². The van der Waals surface area contributed by atoms with E-state index in [1.807, 2.05) is 30.5 Å². The number of aromatic nitrogens is 1. The van der Waals surface area contributed by atoms with Crippen LogP contribution in [0.15, 0.2) is 35.8 Å². The van der Waals surface area contributed by atoms with Crippen LogP contribution in [0.3, 0.4) is 0 Å². The number of aliphatic hydroxyl groups excluding tert-OH is 1. The van der Waals surface area contributed by atoms with Crippen molar-refractivity contribution in [3.63, 3.8) is 0 Å². The van der Waals surface area contributed by atoms with Gasteiger partial charge in [-0.25, -0.2) is 4.98 Å². The maximum absolute atomic E-state index is 9.98. The topological polar surface area (TPSA) is 54.4 Å². The molecule has 1 heterocycles. The van der Waals surface area contributed by atoms with Gasteiger partial charge in [-0.1, -0.05) is 19.1 Å². The standard InChI is InChI=1S/C16H22N2O2S/c1-3-13-5-4-6-15(9-13)20-11-14(19)10-18-12(2)16-17-7-8-21-16/h4-9,12,14,18-19H,3,10-11H2,1-2H3. The summed E-state index contributed by atoms with van der Waals surface area (Å²) in [7, 11) is 0. The zero-order chi connectivity index (χ0) is 15.1. The molecule has 0 aliphatic rings. The molecule has 0 radical (unpaired) electrons. The minimum Gasteiger partial charge on any atom is -0.491 e. The van der Waals surface area contributed by atoms with Gasteiger partial charge in [-0.3, -0.25) is 0 Å². The van der Waals surface area contributed by atoms with Crippen molar-refractivity contribution < 1.29 is 9.84 Å². The van der Waals surface area contributed by atoms with E-state index in [1.54, 1.807) is 17.5 Å². The summed E-state index contributed by atoms with van der Waals surface area (Å²) >= 11 is 1.61. The number of nitrogens with one attached hydrogen (secondary N) is 1. The lowest BCUT2D eigenvalue weighted by Gasteiger charge is -2.16. The Labute approximate surface area is 129 Å². The smallest absolute Gasteiger partial charge is 0.119 e. The Morgan fingerprint density at radius 1 is 1.43 bits per heavy atom. The molecule has 0 aliphatic heterocycles. The first-order valence-corrected chi connectivity index (χ1v) is 8.09. The number of rotatable bonds is 8. The van der Waals surface area contributed by atoms with Crippen molar-refractivity contribution in [2.45, 2.75) is 32.4 Å². The fraction of sp³-hybridized carbons (Fsp3) is 0.438. The summed E-state index contributed by atoms with van der Waals surface area (Å²) in [5, 5.41) is 16.2. The summed E-state index contributed by atoms with van der Waals surface area (Å²) in [6.07, 6.45) is 2.23. The Morgan fingerprint density at radius 2 is 2.29 bits per heavy atom. The molecule has 21 heavy (non-hydrogen) atoms. The highest BCUT2D eigenvalue weighted by atomic mass is 32.1. The summed E-state index contributed by atoms with van der Waals surface area (Å²) in [6, 6.07) is 8.11. The Hall–Kier alpha value is -1.43. The van der Waals surface area contributed by atoms with Crippen molar-refractivity contribution >= 4 is 11.3 Å². The molecule has 0 saturated carbocycles. The molecule has 4 nitrogen and oxygen atoms in total. The summed E-state index contributed by atoms with van der Waals surface area (Å²) in [4.78, 5) is 4.25. The maximum Gasteiger partial charge on any atom is 0.119 e. The zero-order valence-corrected chi connectivity index (χ0v) is 13.3. The molecule has 0 bridgehead atoms. The Morgan fingerprint density at radius 3 is 3.00 bits per heavy atom. The Balaban J connectivity index is 1.73. The van der Waals surface area contributed by atoms with Crippen LogP contribution < -0.4 is 10.1 Å². The van der Waals surface area contributed by atoms with Gasteiger partial charge in [0, 0.05) is 18.1 Å². The van der Waals surface area contributed by atoms with Crippen LogP contribution in [0.2, 0.25) is 0 Å². The van der Waals surface area contributed by atoms with Gasteiger partial charge in [-0.15, -0.1) is 11.3 Å². The molecule has 0 amide bonds. The van der Waals surface area contributed by atoms with Crippen molar-refractivity contribution in [3.8, 4) is 5.75 Å². The lowest BCUT2D eigenvalue weighted by Crippen LogP contribution is -2.33. The zero-order valence-electron chi connectivity index (χ0n) is 12.5. The van der Waals surface area contributed by atoms with Crippen LogP contribution in [-0.2, 0) is 6.42 Å². The van der Waals surface area contributed by atoms with Gasteiger partial charge in [0.05, 0.1) is 6.04 Å². The fourth-order valence-corrected chi connectivity index (χ4v) is 2.63. The molecule has 1 aromatic carbocycles. The van der Waals surface area contributed by atoms with Crippen molar-refractivity contribution in [2.75, 3.05) is 13.2 Å². The average molecular weight is 306 g/mol. The van der Waals surface area contributed by atoms with Gasteiger partial charge in [0.1, 0.15) is 23.5 Å². The molecule has 0 spiro atoms. The minimum atomic E-state index is -0.544. The van der Waals surface area contributed by atoms with Gasteiger partial charge in [-0.2, -0.15) is 0 Å². The van der Waals surface area contributed by atoms with E-state index in [0.29, 0.717) is 6.54 Å². The Kier molecular flexibility index (Phi) is 6.17. The molecule has 2 N–H and O–H groups in total. The van der Waals surface area contributed by atoms with Crippen molar-refractivity contribution in [1.29, 1.82) is 0 Å². The molecule has 2 rings (SSSR count). The highest BCUT2D eigenvalue weighted by Gasteiger charge is 2.11. The monoisotopic (exact) mass is 306 g/mol. The second-order valence-electron chi connectivity index (χ2n) is 4.97. The van der Waals surface area contributed by atoms with Gasteiger partial charge in [0.15, 0.2) is 0 Å². The Bertz CT molecular complexity index is 531. The first kappa shape index (κ1) is 15.9. The SMILES string of the molecule is CCc1cccc(OCC(O)CNC(C)c2nccs2)c1. The predicted molar refractivity (Wildman–Crippen MR) is 85.9 cm³/mol. The van der Waals surface area contributed by atoms with E-state index in [4.69, 9.17) is 4.74 Å². The number of ether oxygens (including phenoxy) is 1. The van der Waals surface area contributed by atoms with Gasteiger partial charge >= 0.3 is 0 Å². The molecular formula is C16H22N2O2S. The molecule has 0 aliphatic carbocycles. The third kappa shape index (κ3) is 5.12. The number of hydrogen-bond donors (Lipinski definition) is 2. The summed E-state index contributed by atoms with van der Waals surface area (Å²) in [6.45, 7) is 4.91. The van der Waals surface area contributed by atoms with E-state index in [2.05, 4.69) is 23.3 Å². The molecule has 2 aromatic rings. The predicted octanol–water partition coefficient (Wildman–Crippen LogP) is 2.80. The van der Waals surface area contributed by atoms with Gasteiger partial charge in [0.2, 0.25) is 0 Å². The second kappa shape index (κ2) is 8.12. The van der Waals surface area contributed by atoms with E-state index in [0.717, 1.165) is 17.2 Å². The van der Waals surface area contributed by atoms with E-state index < -0.39 is 6.10 Å². The lowest BCUT2D eigenvalue weighted by atomic mass is 10.2. The van der Waals surface area contributed by atoms with Crippen LogP contribution in [0.5, 0.6) is 5.75 Å². The van der Waals surface area contributed by atoms with Crippen LogP contribution >= 0.6 is 11.3 Å². The molecule has 0 saturated heterocycles. The molecule has 1 aromatic heterocycles. The largest absolute Gasteiger partial charge is 0.491 e. The minimum absolute atomic E-state index is 0.142. The van der Waals surface area contributed by atoms with Crippen LogP contribution in [0, 0.1) is 0 Å². The van der Waals surface area contributed by atoms with Crippen molar-refractivity contribution in [3.05, 3.63) is 46.4 Å². The van der Waals surface area contributed by atoms with E-state index in [-0.39, 0.29) is 12.6 Å². The molecule has 5 heteroatoms. The van der Waals surface area contributed by atoms with E-state index in [9.17, 15) is 5.11 Å². The summed E-state index contributed by atoms with van der Waals surface area (Å²) in [5.41, 5.74) is 1.23. The number of aliphatic hydroxyl groups is 1. The lowest BCUT2D eigenvalue weighted by molar-refractivity contribution is 0.104. The third-order valence-corrected chi connectivity index (χ3v) is 4.19. The number of thiazole rings is 1. The first-order chi connectivity index (χ1) is 10.2. The number of hydrogen-bond acceptors (Lipinski definition) is 5. The van der Waals surface area contributed by atoms with Gasteiger partial charge in [0.25, 0.3) is 0 Å². The second-order valence-corrected chi connectivity index (χ2v) is 5.89. The maximum atomic E-state index is 9.98. The molecule has 2 atom stereocenters. The number of aryl methyl sites for hydroxylation is 1. The van der Waals surface area contributed by atoms with Crippen molar-refractivity contribution in [2.24, 2.45) is 0 Å². The quantitative estimate of drug-likeness (QED) is 0.787. The highest BCUT2D eigenvalue weighted by Crippen LogP contribution is 2.15. The average Bonchev–Trinajstić information content (AvgIpc) is 3.05.